The predicted molar refractivity (Wildman–Crippen MR) is 151 cm³/mol. The second-order valence-corrected chi connectivity index (χ2v) is 10.3. The molecule has 202 valence electrons. The van der Waals surface area contributed by atoms with Gasteiger partial charge in [-0.25, -0.2) is 4.39 Å². The maximum absolute atomic E-state index is 14.9. The summed E-state index contributed by atoms with van der Waals surface area (Å²) >= 11 is 0. The molecule has 0 amide bonds. The van der Waals surface area contributed by atoms with Gasteiger partial charge in [0.2, 0.25) is 0 Å². The Kier molecular flexibility index (Phi) is 10.1. The molecule has 0 N–H and O–H groups in total. The molecule has 0 saturated heterocycles. The number of methoxy groups -OCH3 is 1. The maximum atomic E-state index is 14.9. The van der Waals surface area contributed by atoms with Gasteiger partial charge in [-0.2, -0.15) is 0 Å². The molecule has 0 bridgehead atoms. The molecular formula is C33H39FO4. The van der Waals surface area contributed by atoms with E-state index in [0.717, 1.165) is 34.4 Å². The molecule has 38 heavy (non-hydrogen) atoms. The van der Waals surface area contributed by atoms with Gasteiger partial charge >= 0.3 is 5.97 Å². The van der Waals surface area contributed by atoms with Gasteiger partial charge in [-0.15, -0.1) is 0 Å². The minimum Gasteiger partial charge on any atom is -0.497 e. The van der Waals surface area contributed by atoms with Gasteiger partial charge in [0.05, 0.1) is 20.1 Å². The molecule has 1 atom stereocenters. The highest BCUT2D eigenvalue weighted by Crippen LogP contribution is 2.37. The van der Waals surface area contributed by atoms with Crippen molar-refractivity contribution in [3.05, 3.63) is 95.3 Å². The summed E-state index contributed by atoms with van der Waals surface area (Å²) in [6, 6.07) is 18.7. The van der Waals surface area contributed by atoms with E-state index in [-0.39, 0.29) is 23.1 Å². The van der Waals surface area contributed by atoms with Crippen LogP contribution >= 0.6 is 0 Å². The first-order chi connectivity index (χ1) is 18.2. The summed E-state index contributed by atoms with van der Waals surface area (Å²) in [5.74, 6) is 0.781. The van der Waals surface area contributed by atoms with Crippen LogP contribution in [0.4, 0.5) is 4.39 Å². The third-order valence-electron chi connectivity index (χ3n) is 6.37. The average molecular weight is 519 g/mol. The fourth-order valence-corrected chi connectivity index (χ4v) is 4.37. The lowest BCUT2D eigenvalue weighted by Gasteiger charge is -2.24. The zero-order valence-electron chi connectivity index (χ0n) is 23.3. The number of hydrogen-bond donors (Lipinski definition) is 0. The van der Waals surface area contributed by atoms with Gasteiger partial charge in [-0.05, 0) is 77.4 Å². The monoisotopic (exact) mass is 518 g/mol. The molecule has 5 heteroatoms. The van der Waals surface area contributed by atoms with Gasteiger partial charge in [-0.3, -0.25) is 4.79 Å². The van der Waals surface area contributed by atoms with E-state index in [4.69, 9.17) is 14.2 Å². The third-order valence-corrected chi connectivity index (χ3v) is 6.37. The van der Waals surface area contributed by atoms with Crippen LogP contribution in [0.1, 0.15) is 70.1 Å². The topological polar surface area (TPSA) is 44.8 Å². The number of hydrogen-bond acceptors (Lipinski definition) is 4. The zero-order chi connectivity index (χ0) is 27.7. The van der Waals surface area contributed by atoms with Crippen LogP contribution in [-0.2, 0) is 21.6 Å². The minimum absolute atomic E-state index is 0.0479. The number of esters is 1. The molecule has 0 heterocycles. The predicted octanol–water partition coefficient (Wildman–Crippen LogP) is 8.38. The summed E-state index contributed by atoms with van der Waals surface area (Å²) in [5.41, 5.74) is 4.17. The lowest BCUT2D eigenvalue weighted by molar-refractivity contribution is -0.143. The van der Waals surface area contributed by atoms with Gasteiger partial charge < -0.3 is 14.2 Å². The Labute approximate surface area is 226 Å². The highest BCUT2D eigenvalue weighted by molar-refractivity contribution is 5.72. The van der Waals surface area contributed by atoms with E-state index in [9.17, 15) is 9.18 Å². The number of rotatable bonds is 11. The Bertz CT molecular complexity index is 1240. The first-order valence-corrected chi connectivity index (χ1v) is 13.2. The Morgan fingerprint density at radius 2 is 1.66 bits per heavy atom. The van der Waals surface area contributed by atoms with Crippen molar-refractivity contribution in [1.82, 2.24) is 0 Å². The van der Waals surface area contributed by atoms with Crippen molar-refractivity contribution in [2.24, 2.45) is 0 Å². The lowest BCUT2D eigenvalue weighted by atomic mass is 9.81. The van der Waals surface area contributed by atoms with E-state index >= 15 is 0 Å². The van der Waals surface area contributed by atoms with E-state index in [1.165, 1.54) is 6.07 Å². The fourth-order valence-electron chi connectivity index (χ4n) is 4.37. The summed E-state index contributed by atoms with van der Waals surface area (Å²) in [4.78, 5) is 12.1. The van der Waals surface area contributed by atoms with Crippen molar-refractivity contribution in [3.63, 3.8) is 0 Å². The van der Waals surface area contributed by atoms with Crippen LogP contribution in [-0.4, -0.2) is 19.7 Å². The SMILES string of the molecule is CCC=C[C@H](CC(=O)OCC)c1ccc(OCc2ccc(C(C)(C)C)c(-c3cc(OC)ccc3F)c2)cc1. The standard InChI is InChI=1S/C33H39FO4/c1-7-9-10-25(20-32(35)37-8-2)24-12-14-26(15-13-24)38-22-23-11-17-30(33(3,4)5)28(19-23)29-21-27(36-6)16-18-31(29)34/h9-19,21,25H,7-8,20,22H2,1-6H3/t25-/m1/s1. The van der Waals surface area contributed by atoms with E-state index in [0.29, 0.717) is 30.9 Å². The van der Waals surface area contributed by atoms with Gasteiger partial charge in [-0.1, -0.05) is 64.1 Å². The van der Waals surface area contributed by atoms with Crippen LogP contribution in [0, 0.1) is 5.82 Å². The van der Waals surface area contributed by atoms with Crippen LogP contribution in [0.2, 0.25) is 0 Å². The zero-order valence-corrected chi connectivity index (χ0v) is 23.3. The molecule has 0 saturated carbocycles. The molecule has 3 rings (SSSR count). The molecule has 0 fully saturated rings. The van der Waals surface area contributed by atoms with Crippen LogP contribution in [0.15, 0.2) is 72.8 Å². The van der Waals surface area contributed by atoms with E-state index < -0.39 is 0 Å². The van der Waals surface area contributed by atoms with Gasteiger partial charge in [0, 0.05) is 11.5 Å². The average Bonchev–Trinajstić information content (AvgIpc) is 2.90. The maximum Gasteiger partial charge on any atom is 0.306 e. The van der Waals surface area contributed by atoms with Crippen molar-refractivity contribution in [3.8, 4) is 22.6 Å². The van der Waals surface area contributed by atoms with Gasteiger partial charge in [0.1, 0.15) is 23.9 Å². The van der Waals surface area contributed by atoms with Crippen molar-refractivity contribution in [2.45, 2.75) is 65.4 Å². The van der Waals surface area contributed by atoms with Crippen LogP contribution in [0.5, 0.6) is 11.5 Å². The second-order valence-electron chi connectivity index (χ2n) is 10.3. The van der Waals surface area contributed by atoms with Crippen molar-refractivity contribution < 1.29 is 23.4 Å². The summed E-state index contributed by atoms with van der Waals surface area (Å²) in [5, 5.41) is 0. The summed E-state index contributed by atoms with van der Waals surface area (Å²) in [6.45, 7) is 10.9. The largest absolute Gasteiger partial charge is 0.497 e. The molecule has 0 spiro atoms. The summed E-state index contributed by atoms with van der Waals surface area (Å²) in [6.07, 6.45) is 5.32. The number of carbonyl (C=O) groups excluding carboxylic acids is 1. The summed E-state index contributed by atoms with van der Waals surface area (Å²) in [7, 11) is 1.58. The highest BCUT2D eigenvalue weighted by Gasteiger charge is 2.21. The Hall–Kier alpha value is -3.60. The highest BCUT2D eigenvalue weighted by atomic mass is 19.1. The van der Waals surface area contributed by atoms with Crippen LogP contribution in [0.25, 0.3) is 11.1 Å². The number of halogens is 1. The molecule has 3 aromatic rings. The summed E-state index contributed by atoms with van der Waals surface area (Å²) < 4.78 is 31.5. The number of benzene rings is 3. The van der Waals surface area contributed by atoms with Crippen molar-refractivity contribution in [2.75, 3.05) is 13.7 Å². The van der Waals surface area contributed by atoms with Crippen LogP contribution in [0.3, 0.4) is 0 Å². The molecular weight excluding hydrogens is 479 g/mol. The van der Waals surface area contributed by atoms with Gasteiger partial charge in [0.25, 0.3) is 0 Å². The Morgan fingerprint density at radius 1 is 0.947 bits per heavy atom. The van der Waals surface area contributed by atoms with Gasteiger partial charge in [0.15, 0.2) is 0 Å². The number of carbonyl (C=O) groups is 1. The molecule has 0 unspecified atom stereocenters. The quantitative estimate of drug-likeness (QED) is 0.189. The molecule has 0 radical (unpaired) electrons. The van der Waals surface area contributed by atoms with E-state index in [2.05, 4.69) is 45.9 Å². The van der Waals surface area contributed by atoms with E-state index in [1.807, 2.05) is 43.3 Å². The molecule has 0 aliphatic rings. The molecule has 3 aromatic carbocycles. The molecule has 0 aliphatic heterocycles. The van der Waals surface area contributed by atoms with Crippen molar-refractivity contribution >= 4 is 5.97 Å². The van der Waals surface area contributed by atoms with Crippen LogP contribution < -0.4 is 9.47 Å². The molecule has 4 nitrogen and oxygen atoms in total. The first kappa shape index (κ1) is 29.0. The van der Waals surface area contributed by atoms with Crippen molar-refractivity contribution in [1.29, 1.82) is 0 Å². The molecule has 0 aliphatic carbocycles. The van der Waals surface area contributed by atoms with E-state index in [1.54, 1.807) is 19.2 Å². The minimum atomic E-state index is -0.292. The Morgan fingerprint density at radius 3 is 2.29 bits per heavy atom. The Balaban J connectivity index is 1.82. The number of allylic oxidation sites excluding steroid dienone is 2. The normalized spacial score (nSPS) is 12.4. The fraction of sp³-hybridized carbons (Fsp3) is 0.364. The molecule has 0 aromatic heterocycles. The second kappa shape index (κ2) is 13.3. The lowest BCUT2D eigenvalue weighted by Crippen LogP contribution is -2.13. The number of ether oxygens (including phenoxy) is 3. The third kappa shape index (κ3) is 7.70. The first-order valence-electron chi connectivity index (χ1n) is 13.2. The smallest absolute Gasteiger partial charge is 0.306 e.